The molecule has 1 saturated heterocycles. The van der Waals surface area contributed by atoms with Crippen LogP contribution in [0, 0.1) is 11.3 Å². The topological polar surface area (TPSA) is 121 Å². The van der Waals surface area contributed by atoms with Crippen LogP contribution in [0.1, 0.15) is 11.4 Å². The fourth-order valence-corrected chi connectivity index (χ4v) is 1.95. The van der Waals surface area contributed by atoms with Crippen LogP contribution in [0.25, 0.3) is 0 Å². The lowest BCUT2D eigenvalue weighted by atomic mass is 10.3. The van der Waals surface area contributed by atoms with E-state index in [1.54, 1.807) is 6.07 Å². The second-order valence-corrected chi connectivity index (χ2v) is 5.13. The van der Waals surface area contributed by atoms with Crippen LogP contribution in [0.4, 0.5) is 30.5 Å². The van der Waals surface area contributed by atoms with Gasteiger partial charge in [0, 0.05) is 26.2 Å². The summed E-state index contributed by atoms with van der Waals surface area (Å²) < 4.78 is 43.0. The highest BCUT2D eigenvalue weighted by Gasteiger charge is 2.36. The van der Waals surface area contributed by atoms with Crippen LogP contribution in [-0.2, 0) is 10.9 Å². The van der Waals surface area contributed by atoms with Gasteiger partial charge in [-0.15, -0.1) is 10.2 Å². The first kappa shape index (κ1) is 20.3. The van der Waals surface area contributed by atoms with Gasteiger partial charge in [0.25, 0.3) is 0 Å². The van der Waals surface area contributed by atoms with E-state index in [4.69, 9.17) is 10.00 Å². The van der Waals surface area contributed by atoms with Gasteiger partial charge in [-0.1, -0.05) is 0 Å². The predicted molar refractivity (Wildman–Crippen MR) is 90.3 cm³/mol. The van der Waals surface area contributed by atoms with E-state index in [0.29, 0.717) is 0 Å². The lowest BCUT2D eigenvalue weighted by Gasteiger charge is -2.12. The summed E-state index contributed by atoms with van der Waals surface area (Å²) in [6.07, 6.45) is -2.12. The van der Waals surface area contributed by atoms with E-state index in [0.717, 1.165) is 32.4 Å². The summed E-state index contributed by atoms with van der Waals surface area (Å²) in [4.78, 5) is 7.63. The fraction of sp³-hybridized carbons (Fsp3) is 0.400. The monoisotopic (exact) mass is 382 g/mol. The standard InChI is InChI=1S/C11H8F3N7.C4H9NO/c1-16-7-2-8(20-21-10(7)11(12,13)14)19-9-5-17-6(3-15)4-18-9;1-3-6-4-2-5-1/h2,4-5H,1H3,(H2,16,18,19,20);5H,1-4H2. The lowest BCUT2D eigenvalue weighted by Crippen LogP contribution is -2.30. The Hall–Kier alpha value is -3.04. The van der Waals surface area contributed by atoms with Crippen molar-refractivity contribution in [3.63, 3.8) is 0 Å². The number of ether oxygens (including phenoxy) is 1. The lowest BCUT2D eigenvalue weighted by molar-refractivity contribution is -0.141. The molecule has 3 rings (SSSR count). The molecule has 12 heteroatoms. The van der Waals surface area contributed by atoms with Crippen LogP contribution in [-0.4, -0.2) is 53.5 Å². The molecule has 1 aliphatic heterocycles. The molecule has 0 atom stereocenters. The number of rotatable bonds is 3. The van der Waals surface area contributed by atoms with Crippen molar-refractivity contribution in [1.82, 2.24) is 25.5 Å². The normalized spacial score (nSPS) is 13.7. The summed E-state index contributed by atoms with van der Waals surface area (Å²) in [5.41, 5.74) is -1.21. The van der Waals surface area contributed by atoms with Crippen LogP contribution in [0.3, 0.4) is 0 Å². The van der Waals surface area contributed by atoms with Gasteiger partial charge in [0.15, 0.2) is 17.2 Å². The van der Waals surface area contributed by atoms with Crippen LogP contribution < -0.4 is 16.0 Å². The molecule has 0 bridgehead atoms. The van der Waals surface area contributed by atoms with Crippen molar-refractivity contribution in [2.75, 3.05) is 44.0 Å². The van der Waals surface area contributed by atoms with Gasteiger partial charge in [0.05, 0.1) is 31.3 Å². The molecular weight excluding hydrogens is 365 g/mol. The Kier molecular flexibility index (Phi) is 7.21. The van der Waals surface area contributed by atoms with Gasteiger partial charge >= 0.3 is 6.18 Å². The second-order valence-electron chi connectivity index (χ2n) is 5.13. The number of anilines is 3. The largest absolute Gasteiger partial charge is 0.437 e. The van der Waals surface area contributed by atoms with E-state index in [2.05, 4.69) is 36.1 Å². The molecule has 3 N–H and O–H groups in total. The van der Waals surface area contributed by atoms with Gasteiger partial charge in [-0.2, -0.15) is 18.4 Å². The zero-order valence-electron chi connectivity index (χ0n) is 14.3. The van der Waals surface area contributed by atoms with Crippen LogP contribution in [0.5, 0.6) is 0 Å². The first-order chi connectivity index (χ1) is 12.9. The van der Waals surface area contributed by atoms with Crippen molar-refractivity contribution in [2.24, 2.45) is 0 Å². The first-order valence-corrected chi connectivity index (χ1v) is 7.84. The molecular formula is C15H17F3N8O. The van der Waals surface area contributed by atoms with Gasteiger partial charge < -0.3 is 20.7 Å². The number of alkyl halides is 3. The van der Waals surface area contributed by atoms with Gasteiger partial charge in [-0.3, -0.25) is 0 Å². The summed E-state index contributed by atoms with van der Waals surface area (Å²) in [7, 11) is 1.34. The van der Waals surface area contributed by atoms with E-state index in [9.17, 15) is 13.2 Å². The first-order valence-electron chi connectivity index (χ1n) is 7.84. The average molecular weight is 382 g/mol. The Morgan fingerprint density at radius 3 is 2.33 bits per heavy atom. The zero-order valence-corrected chi connectivity index (χ0v) is 14.3. The molecule has 0 saturated carbocycles. The van der Waals surface area contributed by atoms with Crippen molar-refractivity contribution in [1.29, 1.82) is 5.26 Å². The number of morpholine rings is 1. The summed E-state index contributed by atoms with van der Waals surface area (Å²) >= 11 is 0. The van der Waals surface area contributed by atoms with E-state index in [1.165, 1.54) is 19.4 Å². The van der Waals surface area contributed by atoms with Crippen molar-refractivity contribution < 1.29 is 17.9 Å². The molecule has 144 valence electrons. The highest BCUT2D eigenvalue weighted by atomic mass is 19.4. The third-order valence-electron chi connectivity index (χ3n) is 3.20. The maximum absolute atomic E-state index is 12.7. The summed E-state index contributed by atoms with van der Waals surface area (Å²) in [5.74, 6) is 0.288. The van der Waals surface area contributed by atoms with Crippen molar-refractivity contribution in [2.45, 2.75) is 6.18 Å². The molecule has 2 aromatic rings. The van der Waals surface area contributed by atoms with Crippen LogP contribution in [0.15, 0.2) is 18.5 Å². The van der Waals surface area contributed by atoms with Crippen LogP contribution >= 0.6 is 0 Å². The molecule has 27 heavy (non-hydrogen) atoms. The number of hydrogen-bond acceptors (Lipinski definition) is 9. The number of halogens is 3. The Morgan fingerprint density at radius 1 is 1.15 bits per heavy atom. The number of hydrogen-bond donors (Lipinski definition) is 3. The number of nitriles is 1. The molecule has 0 aliphatic carbocycles. The molecule has 0 amide bonds. The quantitative estimate of drug-likeness (QED) is 0.726. The molecule has 3 heterocycles. The molecule has 1 fully saturated rings. The Morgan fingerprint density at radius 2 is 1.89 bits per heavy atom. The fourth-order valence-electron chi connectivity index (χ4n) is 1.95. The van der Waals surface area contributed by atoms with Gasteiger partial charge in [-0.25, -0.2) is 9.97 Å². The molecule has 2 aromatic heterocycles. The molecule has 0 unspecified atom stereocenters. The van der Waals surface area contributed by atoms with Gasteiger partial charge in [0.2, 0.25) is 0 Å². The minimum atomic E-state index is -4.60. The Balaban J connectivity index is 0.000000369. The third kappa shape index (κ3) is 6.32. The zero-order chi connectivity index (χ0) is 19.7. The van der Waals surface area contributed by atoms with E-state index in [-0.39, 0.29) is 23.0 Å². The Bertz CT molecular complexity index is 761. The minimum absolute atomic E-state index is 0.0614. The van der Waals surface area contributed by atoms with Gasteiger partial charge in [-0.05, 0) is 0 Å². The minimum Gasteiger partial charge on any atom is -0.386 e. The van der Waals surface area contributed by atoms with E-state index < -0.39 is 11.9 Å². The molecule has 0 spiro atoms. The average Bonchev–Trinajstić information content (AvgIpc) is 2.69. The molecule has 1 aliphatic rings. The predicted octanol–water partition coefficient (Wildman–Crippen LogP) is 1.55. The van der Waals surface area contributed by atoms with E-state index >= 15 is 0 Å². The third-order valence-corrected chi connectivity index (χ3v) is 3.20. The summed E-state index contributed by atoms with van der Waals surface area (Å²) in [6, 6.07) is 2.94. The molecule has 0 radical (unpaired) electrons. The highest BCUT2D eigenvalue weighted by Crippen LogP contribution is 2.33. The van der Waals surface area contributed by atoms with E-state index in [1.807, 2.05) is 0 Å². The maximum atomic E-state index is 12.7. The summed E-state index contributed by atoms with van der Waals surface area (Å²) in [6.45, 7) is 3.83. The van der Waals surface area contributed by atoms with Crippen molar-refractivity contribution >= 4 is 17.3 Å². The van der Waals surface area contributed by atoms with Crippen molar-refractivity contribution in [3.8, 4) is 6.07 Å². The smallest absolute Gasteiger partial charge is 0.386 e. The SMILES string of the molecule is C1COCCN1.CNc1cc(Nc2cnc(C#N)cn2)nnc1C(F)(F)F. The maximum Gasteiger partial charge on any atom is 0.437 e. The number of aromatic nitrogens is 4. The van der Waals surface area contributed by atoms with Crippen LogP contribution in [0.2, 0.25) is 0 Å². The number of nitrogens with one attached hydrogen (secondary N) is 3. The Labute approximate surface area is 153 Å². The summed E-state index contributed by atoms with van der Waals surface area (Å²) in [5, 5.41) is 23.4. The molecule has 0 aromatic carbocycles. The molecule has 9 nitrogen and oxygen atoms in total. The van der Waals surface area contributed by atoms with Gasteiger partial charge in [0.1, 0.15) is 11.9 Å². The second kappa shape index (κ2) is 9.60. The number of nitrogens with zero attached hydrogens (tertiary/aromatic N) is 5. The highest BCUT2D eigenvalue weighted by molar-refractivity contribution is 5.59. The van der Waals surface area contributed by atoms with Crippen molar-refractivity contribution in [3.05, 3.63) is 29.8 Å².